The Hall–Kier alpha value is -3.76. The number of pyridine rings is 1. The van der Waals surface area contributed by atoms with Crippen molar-refractivity contribution in [3.05, 3.63) is 60.3 Å². The average molecular weight is 409 g/mol. The number of hydrogen-bond donors (Lipinski definition) is 1. The van der Waals surface area contributed by atoms with Crippen LogP contribution in [-0.2, 0) is 7.05 Å². The first-order chi connectivity index (χ1) is 15.1. The van der Waals surface area contributed by atoms with E-state index < -0.39 is 0 Å². The van der Waals surface area contributed by atoms with Gasteiger partial charge in [0.25, 0.3) is 0 Å². The quantitative estimate of drug-likeness (QED) is 0.556. The molecule has 2 aromatic carbocycles. The minimum Gasteiger partial charge on any atom is -0.370 e. The summed E-state index contributed by atoms with van der Waals surface area (Å²) in [5.41, 5.74) is 13.6. The van der Waals surface area contributed by atoms with Gasteiger partial charge >= 0.3 is 0 Å². The highest BCUT2D eigenvalue weighted by Gasteiger charge is 2.19. The fourth-order valence-corrected chi connectivity index (χ4v) is 4.15. The number of anilines is 1. The van der Waals surface area contributed by atoms with E-state index in [-0.39, 0.29) is 6.04 Å². The Morgan fingerprint density at radius 3 is 2.52 bits per heavy atom. The van der Waals surface area contributed by atoms with Gasteiger partial charge in [-0.25, -0.2) is 4.68 Å². The van der Waals surface area contributed by atoms with Crippen LogP contribution >= 0.6 is 0 Å². The van der Waals surface area contributed by atoms with Crippen molar-refractivity contribution in [3.63, 3.8) is 0 Å². The lowest BCUT2D eigenvalue weighted by Gasteiger charge is -2.32. The third-order valence-electron chi connectivity index (χ3n) is 5.99. The van der Waals surface area contributed by atoms with E-state index in [4.69, 9.17) is 10.7 Å². The molecule has 1 fully saturated rings. The smallest absolute Gasteiger partial charge is 0.113 e. The molecule has 0 aliphatic carbocycles. The van der Waals surface area contributed by atoms with Gasteiger partial charge in [0.1, 0.15) is 5.52 Å². The molecular weight excluding hydrogens is 386 g/mol. The SMILES string of the molecule is Cn1nnc2cc(-c3ncc(N4CCC(N)CC4)cc3-c3ccc(C#N)cc3)ccc21. The molecule has 0 spiro atoms. The van der Waals surface area contributed by atoms with Gasteiger partial charge in [-0.3, -0.25) is 4.98 Å². The molecule has 5 rings (SSSR count). The summed E-state index contributed by atoms with van der Waals surface area (Å²) in [6, 6.07) is 18.4. The van der Waals surface area contributed by atoms with Crippen LogP contribution in [0.15, 0.2) is 54.7 Å². The molecule has 1 aliphatic rings. The largest absolute Gasteiger partial charge is 0.370 e. The van der Waals surface area contributed by atoms with Crippen molar-refractivity contribution in [2.75, 3.05) is 18.0 Å². The second-order valence-electron chi connectivity index (χ2n) is 8.02. The van der Waals surface area contributed by atoms with Crippen LogP contribution in [0.1, 0.15) is 18.4 Å². The second-order valence-corrected chi connectivity index (χ2v) is 8.02. The lowest BCUT2D eigenvalue weighted by Crippen LogP contribution is -2.39. The van der Waals surface area contributed by atoms with Crippen molar-refractivity contribution in [1.82, 2.24) is 20.0 Å². The first kappa shape index (κ1) is 19.2. The lowest BCUT2D eigenvalue weighted by molar-refractivity contribution is 0.501. The average Bonchev–Trinajstić information content (AvgIpc) is 3.19. The Morgan fingerprint density at radius 1 is 1.03 bits per heavy atom. The van der Waals surface area contributed by atoms with Crippen molar-refractivity contribution < 1.29 is 0 Å². The van der Waals surface area contributed by atoms with Gasteiger partial charge in [0, 0.05) is 37.3 Å². The summed E-state index contributed by atoms with van der Waals surface area (Å²) in [6.07, 6.45) is 3.91. The van der Waals surface area contributed by atoms with Gasteiger partial charge in [-0.2, -0.15) is 5.26 Å². The van der Waals surface area contributed by atoms with E-state index in [1.807, 2.05) is 49.6 Å². The summed E-state index contributed by atoms with van der Waals surface area (Å²) in [4.78, 5) is 7.23. The van der Waals surface area contributed by atoms with Gasteiger partial charge in [0.05, 0.1) is 34.7 Å². The molecule has 0 saturated carbocycles. The zero-order valence-electron chi connectivity index (χ0n) is 17.4. The van der Waals surface area contributed by atoms with Crippen LogP contribution in [0.3, 0.4) is 0 Å². The molecule has 1 aliphatic heterocycles. The number of aromatic nitrogens is 4. The van der Waals surface area contributed by atoms with Crippen molar-refractivity contribution in [2.24, 2.45) is 12.8 Å². The van der Waals surface area contributed by atoms with Gasteiger partial charge in [-0.15, -0.1) is 5.10 Å². The monoisotopic (exact) mass is 409 g/mol. The third kappa shape index (κ3) is 3.62. The van der Waals surface area contributed by atoms with Crippen molar-refractivity contribution >= 4 is 16.7 Å². The first-order valence-electron chi connectivity index (χ1n) is 10.4. The molecular formula is C24H23N7. The molecule has 2 N–H and O–H groups in total. The third-order valence-corrected chi connectivity index (χ3v) is 5.99. The summed E-state index contributed by atoms with van der Waals surface area (Å²) < 4.78 is 1.76. The van der Waals surface area contributed by atoms with Crippen LogP contribution in [0.4, 0.5) is 5.69 Å². The topological polar surface area (TPSA) is 96.7 Å². The van der Waals surface area contributed by atoms with Crippen LogP contribution in [0.25, 0.3) is 33.4 Å². The fourth-order valence-electron chi connectivity index (χ4n) is 4.15. The van der Waals surface area contributed by atoms with Crippen LogP contribution in [0.5, 0.6) is 0 Å². The van der Waals surface area contributed by atoms with Gasteiger partial charge in [-0.05, 0) is 48.7 Å². The molecule has 1 saturated heterocycles. The maximum absolute atomic E-state index is 9.18. The van der Waals surface area contributed by atoms with Crippen LogP contribution in [-0.4, -0.2) is 39.1 Å². The Bertz CT molecular complexity index is 1280. The summed E-state index contributed by atoms with van der Waals surface area (Å²) in [6.45, 7) is 1.86. The van der Waals surface area contributed by atoms with E-state index in [9.17, 15) is 5.26 Å². The minimum atomic E-state index is 0.278. The number of rotatable bonds is 3. The minimum absolute atomic E-state index is 0.278. The standard InChI is InChI=1S/C24H23N7/c1-30-23-7-6-18(12-22(23)28-29-30)24-21(17-4-2-16(14-25)3-5-17)13-20(15-27-24)31-10-8-19(26)9-11-31/h2-7,12-13,15,19H,8-11,26H2,1H3. The zero-order chi connectivity index (χ0) is 21.4. The van der Waals surface area contributed by atoms with E-state index in [1.54, 1.807) is 4.68 Å². The van der Waals surface area contributed by atoms with E-state index in [0.717, 1.165) is 65.0 Å². The highest BCUT2D eigenvalue weighted by molar-refractivity contribution is 5.87. The maximum Gasteiger partial charge on any atom is 0.113 e. The molecule has 0 bridgehead atoms. The summed E-state index contributed by atoms with van der Waals surface area (Å²) in [7, 11) is 1.88. The number of aryl methyl sites for hydroxylation is 1. The van der Waals surface area contributed by atoms with E-state index in [2.05, 4.69) is 33.4 Å². The Balaban J connectivity index is 1.62. The molecule has 7 heteroatoms. The van der Waals surface area contributed by atoms with Gasteiger partial charge < -0.3 is 10.6 Å². The summed E-state index contributed by atoms with van der Waals surface area (Å²) >= 11 is 0. The van der Waals surface area contributed by atoms with Crippen LogP contribution < -0.4 is 10.6 Å². The number of nitriles is 1. The van der Waals surface area contributed by atoms with Gasteiger partial charge in [0.2, 0.25) is 0 Å². The lowest BCUT2D eigenvalue weighted by atomic mass is 9.97. The molecule has 4 aromatic rings. The first-order valence-corrected chi connectivity index (χ1v) is 10.4. The number of nitrogens with zero attached hydrogens (tertiary/aromatic N) is 6. The number of piperidine rings is 1. The molecule has 0 amide bonds. The van der Waals surface area contributed by atoms with Crippen molar-refractivity contribution in [2.45, 2.75) is 18.9 Å². The molecule has 0 unspecified atom stereocenters. The highest BCUT2D eigenvalue weighted by atomic mass is 15.4. The summed E-state index contributed by atoms with van der Waals surface area (Å²) in [5, 5.41) is 17.5. The molecule has 7 nitrogen and oxygen atoms in total. The number of benzene rings is 2. The zero-order valence-corrected chi connectivity index (χ0v) is 17.4. The predicted octanol–water partition coefficient (Wildman–Crippen LogP) is 3.50. The van der Waals surface area contributed by atoms with E-state index in [0.29, 0.717) is 5.56 Å². The number of hydrogen-bond acceptors (Lipinski definition) is 6. The van der Waals surface area contributed by atoms with Gasteiger partial charge in [-0.1, -0.05) is 23.4 Å². The predicted molar refractivity (Wildman–Crippen MR) is 121 cm³/mol. The van der Waals surface area contributed by atoms with E-state index in [1.165, 1.54) is 0 Å². The summed E-state index contributed by atoms with van der Waals surface area (Å²) in [5.74, 6) is 0. The Morgan fingerprint density at radius 2 is 1.77 bits per heavy atom. The Kier molecular flexibility index (Phi) is 4.85. The number of nitrogens with two attached hydrogens (primary N) is 1. The normalized spacial score (nSPS) is 14.7. The number of fused-ring (bicyclic) bond motifs is 1. The molecule has 2 aromatic heterocycles. The van der Waals surface area contributed by atoms with Crippen molar-refractivity contribution in [3.8, 4) is 28.5 Å². The van der Waals surface area contributed by atoms with Crippen LogP contribution in [0.2, 0.25) is 0 Å². The molecule has 0 radical (unpaired) electrons. The van der Waals surface area contributed by atoms with Gasteiger partial charge in [0.15, 0.2) is 0 Å². The molecule has 3 heterocycles. The fraction of sp³-hybridized carbons (Fsp3) is 0.250. The maximum atomic E-state index is 9.18. The van der Waals surface area contributed by atoms with E-state index >= 15 is 0 Å². The highest BCUT2D eigenvalue weighted by Crippen LogP contribution is 2.35. The van der Waals surface area contributed by atoms with Crippen molar-refractivity contribution in [1.29, 1.82) is 5.26 Å². The Labute approximate surface area is 180 Å². The molecule has 31 heavy (non-hydrogen) atoms. The van der Waals surface area contributed by atoms with Crippen LogP contribution in [0, 0.1) is 11.3 Å². The second kappa shape index (κ2) is 7.82. The molecule has 154 valence electrons. The molecule has 0 atom stereocenters.